The van der Waals surface area contributed by atoms with Crippen LogP contribution in [0.3, 0.4) is 0 Å². The van der Waals surface area contributed by atoms with Gasteiger partial charge in [-0.3, -0.25) is 9.36 Å². The van der Waals surface area contributed by atoms with Crippen molar-refractivity contribution in [3.63, 3.8) is 0 Å². The minimum atomic E-state index is -0.567. The topological polar surface area (TPSA) is 130 Å². The molecule has 0 radical (unpaired) electrons. The van der Waals surface area contributed by atoms with Crippen molar-refractivity contribution in [2.45, 2.75) is 38.3 Å². The monoisotopic (exact) mass is 383 g/mol. The molecular formula is C19H25N7O2. The molecule has 2 aromatic rings. The zero-order valence-corrected chi connectivity index (χ0v) is 15.9. The van der Waals surface area contributed by atoms with E-state index in [2.05, 4.69) is 9.74 Å². The molecule has 2 fully saturated rings. The molecule has 9 heteroatoms. The number of hydrogen-bond acceptors (Lipinski definition) is 6. The lowest BCUT2D eigenvalue weighted by Crippen LogP contribution is -2.45. The maximum atomic E-state index is 12.7. The SMILES string of the molecule is [C-]#[N+]CC(N)C1CCN(c2cc(N)c3c(=O)n(N)c(=O)n(C4CC4)c3c2C)C1. The zero-order chi connectivity index (χ0) is 20.2. The highest BCUT2D eigenvalue weighted by Crippen LogP contribution is 2.39. The average molecular weight is 383 g/mol. The zero-order valence-electron chi connectivity index (χ0n) is 15.9. The van der Waals surface area contributed by atoms with E-state index in [0.717, 1.165) is 43.6 Å². The van der Waals surface area contributed by atoms with Crippen molar-refractivity contribution in [1.82, 2.24) is 9.24 Å². The number of fused-ring (bicyclic) bond motifs is 1. The summed E-state index contributed by atoms with van der Waals surface area (Å²) in [6.07, 6.45) is 2.66. The molecule has 0 spiro atoms. The van der Waals surface area contributed by atoms with Crippen molar-refractivity contribution in [2.24, 2.45) is 11.7 Å². The highest BCUT2D eigenvalue weighted by atomic mass is 16.2. The van der Waals surface area contributed by atoms with Crippen LogP contribution in [0.2, 0.25) is 0 Å². The van der Waals surface area contributed by atoms with Gasteiger partial charge in [0.25, 0.3) is 5.56 Å². The Morgan fingerprint density at radius 3 is 2.68 bits per heavy atom. The smallest absolute Gasteiger partial charge is 0.350 e. The lowest BCUT2D eigenvalue weighted by atomic mass is 10.00. The summed E-state index contributed by atoms with van der Waals surface area (Å²) in [6, 6.07) is 1.69. The number of anilines is 2. The van der Waals surface area contributed by atoms with Crippen LogP contribution < -0.4 is 33.5 Å². The van der Waals surface area contributed by atoms with Gasteiger partial charge in [-0.15, -0.1) is 0 Å². The molecule has 2 heterocycles. The largest absolute Gasteiger partial charge is 0.398 e. The lowest BCUT2D eigenvalue weighted by Gasteiger charge is -2.25. The van der Waals surface area contributed by atoms with Gasteiger partial charge in [0.15, 0.2) is 0 Å². The Balaban J connectivity index is 1.87. The molecule has 28 heavy (non-hydrogen) atoms. The summed E-state index contributed by atoms with van der Waals surface area (Å²) in [7, 11) is 0. The summed E-state index contributed by atoms with van der Waals surface area (Å²) in [5, 5.41) is 0.302. The second-order valence-corrected chi connectivity index (χ2v) is 7.89. The predicted molar refractivity (Wildman–Crippen MR) is 110 cm³/mol. The second-order valence-electron chi connectivity index (χ2n) is 7.89. The fourth-order valence-electron chi connectivity index (χ4n) is 4.33. The third-order valence-electron chi connectivity index (χ3n) is 6.03. The molecule has 1 saturated carbocycles. The number of rotatable bonds is 4. The molecule has 0 bridgehead atoms. The summed E-state index contributed by atoms with van der Waals surface area (Å²) in [5.74, 6) is 5.97. The van der Waals surface area contributed by atoms with Gasteiger partial charge < -0.3 is 27.1 Å². The van der Waals surface area contributed by atoms with Crippen LogP contribution in [0, 0.1) is 19.4 Å². The summed E-state index contributed by atoms with van der Waals surface area (Å²) in [6.45, 7) is 10.8. The van der Waals surface area contributed by atoms with Gasteiger partial charge in [0, 0.05) is 36.4 Å². The van der Waals surface area contributed by atoms with E-state index >= 15 is 0 Å². The summed E-state index contributed by atoms with van der Waals surface area (Å²) >= 11 is 0. The Kier molecular flexibility index (Phi) is 4.31. The molecule has 1 saturated heterocycles. The molecule has 4 rings (SSSR count). The Morgan fingerprint density at radius 2 is 2.04 bits per heavy atom. The first-order chi connectivity index (χ1) is 13.3. The van der Waals surface area contributed by atoms with Gasteiger partial charge in [-0.25, -0.2) is 11.4 Å². The summed E-state index contributed by atoms with van der Waals surface area (Å²) in [4.78, 5) is 31.0. The molecule has 1 aliphatic heterocycles. The van der Waals surface area contributed by atoms with Gasteiger partial charge in [0.1, 0.15) is 0 Å². The third kappa shape index (κ3) is 2.72. The van der Waals surface area contributed by atoms with E-state index in [-0.39, 0.29) is 18.0 Å². The van der Waals surface area contributed by atoms with E-state index in [4.69, 9.17) is 23.9 Å². The molecule has 1 aliphatic carbocycles. The molecule has 148 valence electrons. The van der Waals surface area contributed by atoms with Gasteiger partial charge >= 0.3 is 5.69 Å². The summed E-state index contributed by atoms with van der Waals surface area (Å²) < 4.78 is 2.29. The summed E-state index contributed by atoms with van der Waals surface area (Å²) in [5.41, 5.74) is 14.0. The first-order valence-corrected chi connectivity index (χ1v) is 9.54. The predicted octanol–water partition coefficient (Wildman–Crippen LogP) is 0.175. The quantitative estimate of drug-likeness (QED) is 0.392. The number of benzene rings is 1. The number of nitrogens with two attached hydrogens (primary N) is 3. The van der Waals surface area contributed by atoms with E-state index in [0.29, 0.717) is 27.8 Å². The Hall–Kier alpha value is -2.99. The maximum absolute atomic E-state index is 12.7. The number of aryl methyl sites for hydroxylation is 1. The van der Waals surface area contributed by atoms with E-state index in [1.54, 1.807) is 10.6 Å². The first-order valence-electron chi connectivity index (χ1n) is 9.54. The van der Waals surface area contributed by atoms with Crippen LogP contribution >= 0.6 is 0 Å². The molecule has 2 atom stereocenters. The Labute approximate surface area is 162 Å². The standard InChI is InChI=1S/C19H25N7O2/c1-10-15(24-6-5-11(9-24)14(21)8-23-2)7-13(20)16-17(10)25(12-3-4-12)19(28)26(22)18(16)27/h7,11-12,14H,3-6,8-9,20-22H2,1H3. The van der Waals surface area contributed by atoms with Crippen LogP contribution in [0.4, 0.5) is 11.4 Å². The minimum Gasteiger partial charge on any atom is -0.398 e. The fourth-order valence-corrected chi connectivity index (χ4v) is 4.33. The van der Waals surface area contributed by atoms with Crippen molar-refractivity contribution in [3.05, 3.63) is 43.9 Å². The highest BCUT2D eigenvalue weighted by Gasteiger charge is 2.33. The van der Waals surface area contributed by atoms with Crippen LogP contribution in [0.1, 0.15) is 30.9 Å². The number of nitrogens with zero attached hydrogens (tertiary/aromatic N) is 4. The van der Waals surface area contributed by atoms with Crippen molar-refractivity contribution in [3.8, 4) is 0 Å². The number of nitrogen functional groups attached to an aromatic ring is 2. The van der Waals surface area contributed by atoms with Crippen molar-refractivity contribution in [2.75, 3.05) is 36.1 Å². The van der Waals surface area contributed by atoms with E-state index in [1.165, 1.54) is 0 Å². The van der Waals surface area contributed by atoms with Gasteiger partial charge in [-0.1, -0.05) is 0 Å². The maximum Gasteiger partial charge on any atom is 0.350 e. The van der Waals surface area contributed by atoms with Crippen LogP contribution in [-0.4, -0.2) is 34.9 Å². The van der Waals surface area contributed by atoms with Gasteiger partial charge in [-0.2, -0.15) is 4.68 Å². The van der Waals surface area contributed by atoms with Crippen LogP contribution in [-0.2, 0) is 0 Å². The van der Waals surface area contributed by atoms with Crippen LogP contribution in [0.15, 0.2) is 15.7 Å². The number of hydrogen-bond donors (Lipinski definition) is 3. The molecule has 1 aromatic carbocycles. The second kappa shape index (κ2) is 6.56. The van der Waals surface area contributed by atoms with Crippen LogP contribution in [0.5, 0.6) is 0 Å². The van der Waals surface area contributed by atoms with Crippen molar-refractivity contribution >= 4 is 22.3 Å². The Bertz CT molecular complexity index is 1110. The van der Waals surface area contributed by atoms with E-state index in [9.17, 15) is 9.59 Å². The van der Waals surface area contributed by atoms with Crippen molar-refractivity contribution < 1.29 is 0 Å². The number of aromatic nitrogens is 2. The normalized spacial score (nSPS) is 20.5. The molecular weight excluding hydrogens is 358 g/mol. The van der Waals surface area contributed by atoms with E-state index < -0.39 is 11.2 Å². The Morgan fingerprint density at radius 1 is 1.32 bits per heavy atom. The fraction of sp³-hybridized carbons (Fsp3) is 0.526. The third-order valence-corrected chi connectivity index (χ3v) is 6.03. The molecule has 9 nitrogen and oxygen atoms in total. The highest BCUT2D eigenvalue weighted by molar-refractivity contribution is 5.96. The molecule has 0 amide bonds. The molecule has 1 aromatic heterocycles. The molecule has 2 unspecified atom stereocenters. The lowest BCUT2D eigenvalue weighted by molar-refractivity contribution is 0.480. The average Bonchev–Trinajstić information content (AvgIpc) is 3.37. The van der Waals surface area contributed by atoms with Crippen molar-refractivity contribution in [1.29, 1.82) is 0 Å². The molecule has 6 N–H and O–H groups in total. The first kappa shape index (κ1) is 18.4. The minimum absolute atomic E-state index is 0.0529. The van der Waals surface area contributed by atoms with Gasteiger partial charge in [0.2, 0.25) is 6.54 Å². The van der Waals surface area contributed by atoms with Gasteiger partial charge in [0.05, 0.1) is 16.9 Å². The van der Waals surface area contributed by atoms with Crippen LogP contribution in [0.25, 0.3) is 15.7 Å². The van der Waals surface area contributed by atoms with E-state index in [1.807, 2.05) is 6.92 Å². The van der Waals surface area contributed by atoms with Gasteiger partial charge in [-0.05, 0) is 37.8 Å². The molecule has 2 aliphatic rings.